The van der Waals surface area contributed by atoms with Crippen LogP contribution in [-0.4, -0.2) is 43.2 Å². The van der Waals surface area contributed by atoms with E-state index in [9.17, 15) is 0 Å². The van der Waals surface area contributed by atoms with Crippen LogP contribution in [-0.2, 0) is 4.74 Å². The summed E-state index contributed by atoms with van der Waals surface area (Å²) in [4.78, 5) is 6.69. The predicted octanol–water partition coefficient (Wildman–Crippen LogP) is 1.69. The Balaban J connectivity index is 2.20. The Kier molecular flexibility index (Phi) is 4.01. The minimum absolute atomic E-state index is 0.341. The van der Waals surface area contributed by atoms with E-state index in [0.29, 0.717) is 11.9 Å². The number of nitrogens with zero attached hydrogens (tertiary/aromatic N) is 2. The second kappa shape index (κ2) is 5.50. The zero-order chi connectivity index (χ0) is 11.4. The van der Waals surface area contributed by atoms with Gasteiger partial charge in [0, 0.05) is 17.9 Å². The molecule has 1 fully saturated rings. The standard InChI is InChI=1S/C11H15BrN2O2/c1-15-11-4-2-3-10(13-11)14-5-6-16-8-9(14)7-12/h2-4,9H,5-8H2,1H3. The number of hydrogen-bond acceptors (Lipinski definition) is 4. The number of pyridine rings is 1. The molecule has 0 N–H and O–H groups in total. The summed E-state index contributed by atoms with van der Waals surface area (Å²) in [7, 11) is 1.63. The number of morpholine rings is 1. The molecule has 1 aliphatic heterocycles. The molecule has 2 rings (SSSR count). The molecule has 1 unspecified atom stereocenters. The Bertz CT molecular complexity index is 349. The highest BCUT2D eigenvalue weighted by molar-refractivity contribution is 9.09. The van der Waals surface area contributed by atoms with Crippen molar-refractivity contribution >= 4 is 21.7 Å². The number of ether oxygens (including phenoxy) is 2. The zero-order valence-corrected chi connectivity index (χ0v) is 10.8. The molecule has 1 aromatic rings. The summed E-state index contributed by atoms with van der Waals surface area (Å²) in [5.74, 6) is 1.60. The van der Waals surface area contributed by atoms with E-state index in [-0.39, 0.29) is 0 Å². The van der Waals surface area contributed by atoms with Gasteiger partial charge < -0.3 is 14.4 Å². The van der Waals surface area contributed by atoms with E-state index in [2.05, 4.69) is 25.8 Å². The number of halogens is 1. The van der Waals surface area contributed by atoms with E-state index in [0.717, 1.165) is 30.9 Å². The number of aromatic nitrogens is 1. The monoisotopic (exact) mass is 286 g/mol. The van der Waals surface area contributed by atoms with Crippen molar-refractivity contribution < 1.29 is 9.47 Å². The van der Waals surface area contributed by atoms with Gasteiger partial charge in [-0.05, 0) is 6.07 Å². The van der Waals surface area contributed by atoms with Crippen LogP contribution >= 0.6 is 15.9 Å². The van der Waals surface area contributed by atoms with E-state index in [1.54, 1.807) is 7.11 Å². The summed E-state index contributed by atoms with van der Waals surface area (Å²) < 4.78 is 10.6. The second-order valence-electron chi connectivity index (χ2n) is 3.61. The molecule has 0 aliphatic carbocycles. The van der Waals surface area contributed by atoms with E-state index in [1.807, 2.05) is 18.2 Å². The van der Waals surface area contributed by atoms with Gasteiger partial charge >= 0.3 is 0 Å². The smallest absolute Gasteiger partial charge is 0.214 e. The van der Waals surface area contributed by atoms with Gasteiger partial charge in [0.15, 0.2) is 0 Å². The Morgan fingerprint density at radius 2 is 2.50 bits per heavy atom. The van der Waals surface area contributed by atoms with Crippen LogP contribution in [0.4, 0.5) is 5.82 Å². The maximum absolute atomic E-state index is 5.45. The molecule has 0 amide bonds. The number of anilines is 1. The lowest BCUT2D eigenvalue weighted by atomic mass is 10.2. The lowest BCUT2D eigenvalue weighted by Crippen LogP contribution is -2.47. The summed E-state index contributed by atoms with van der Waals surface area (Å²) in [6, 6.07) is 6.16. The first-order chi connectivity index (χ1) is 7.85. The van der Waals surface area contributed by atoms with Crippen LogP contribution in [0.1, 0.15) is 0 Å². The van der Waals surface area contributed by atoms with Crippen LogP contribution in [0, 0.1) is 0 Å². The number of rotatable bonds is 3. The number of alkyl halides is 1. The van der Waals surface area contributed by atoms with E-state index in [4.69, 9.17) is 9.47 Å². The first-order valence-corrected chi connectivity index (χ1v) is 6.38. The molecule has 0 spiro atoms. The molecule has 88 valence electrons. The lowest BCUT2D eigenvalue weighted by molar-refractivity contribution is 0.0999. The molecule has 0 aromatic carbocycles. The fraction of sp³-hybridized carbons (Fsp3) is 0.545. The first kappa shape index (κ1) is 11.7. The Morgan fingerprint density at radius 1 is 1.62 bits per heavy atom. The van der Waals surface area contributed by atoms with Gasteiger partial charge in [0.05, 0.1) is 26.4 Å². The molecule has 1 aliphatic rings. The highest BCUT2D eigenvalue weighted by Crippen LogP contribution is 2.20. The maximum Gasteiger partial charge on any atom is 0.214 e. The molecule has 1 aromatic heterocycles. The van der Waals surface area contributed by atoms with E-state index >= 15 is 0 Å². The molecular weight excluding hydrogens is 272 g/mol. The fourth-order valence-electron chi connectivity index (χ4n) is 1.76. The van der Waals surface area contributed by atoms with Crippen molar-refractivity contribution in [3.8, 4) is 5.88 Å². The van der Waals surface area contributed by atoms with Gasteiger partial charge in [-0.3, -0.25) is 0 Å². The van der Waals surface area contributed by atoms with Gasteiger partial charge in [-0.2, -0.15) is 4.98 Å². The van der Waals surface area contributed by atoms with Crippen LogP contribution in [0.15, 0.2) is 18.2 Å². The Hall–Kier alpha value is -0.810. The highest BCUT2D eigenvalue weighted by Gasteiger charge is 2.23. The number of hydrogen-bond donors (Lipinski definition) is 0. The predicted molar refractivity (Wildman–Crippen MR) is 66.5 cm³/mol. The van der Waals surface area contributed by atoms with Gasteiger partial charge in [-0.15, -0.1) is 0 Å². The molecule has 0 saturated carbocycles. The number of methoxy groups -OCH3 is 1. The van der Waals surface area contributed by atoms with Crippen LogP contribution < -0.4 is 9.64 Å². The zero-order valence-electron chi connectivity index (χ0n) is 9.23. The fourth-order valence-corrected chi connectivity index (χ4v) is 2.30. The van der Waals surface area contributed by atoms with Crippen molar-refractivity contribution in [3.05, 3.63) is 18.2 Å². The Labute approximate surface area is 104 Å². The second-order valence-corrected chi connectivity index (χ2v) is 4.26. The quantitative estimate of drug-likeness (QED) is 0.792. The van der Waals surface area contributed by atoms with Gasteiger partial charge in [-0.25, -0.2) is 0 Å². The summed E-state index contributed by atoms with van der Waals surface area (Å²) >= 11 is 3.50. The summed E-state index contributed by atoms with van der Waals surface area (Å²) in [5.41, 5.74) is 0. The molecule has 1 atom stereocenters. The van der Waals surface area contributed by atoms with Crippen molar-refractivity contribution in [2.45, 2.75) is 6.04 Å². The SMILES string of the molecule is COc1cccc(N2CCOCC2CBr)n1. The third kappa shape index (κ3) is 2.47. The summed E-state index contributed by atoms with van der Waals surface area (Å²) in [6.07, 6.45) is 0. The highest BCUT2D eigenvalue weighted by atomic mass is 79.9. The average molecular weight is 287 g/mol. The first-order valence-electron chi connectivity index (χ1n) is 5.26. The molecule has 2 heterocycles. The molecule has 16 heavy (non-hydrogen) atoms. The van der Waals surface area contributed by atoms with Crippen LogP contribution in [0.3, 0.4) is 0 Å². The van der Waals surface area contributed by atoms with Crippen LogP contribution in [0.25, 0.3) is 0 Å². The van der Waals surface area contributed by atoms with Gasteiger partial charge in [0.2, 0.25) is 5.88 Å². The molecule has 4 nitrogen and oxygen atoms in total. The van der Waals surface area contributed by atoms with Crippen molar-refractivity contribution in [3.63, 3.8) is 0 Å². The van der Waals surface area contributed by atoms with Crippen molar-refractivity contribution in [2.75, 3.05) is 37.1 Å². The van der Waals surface area contributed by atoms with E-state index < -0.39 is 0 Å². The molecule has 0 bridgehead atoms. The topological polar surface area (TPSA) is 34.6 Å². The van der Waals surface area contributed by atoms with Crippen molar-refractivity contribution in [1.29, 1.82) is 0 Å². The van der Waals surface area contributed by atoms with Gasteiger partial charge in [0.1, 0.15) is 5.82 Å². The molecular formula is C11H15BrN2O2. The normalized spacial score (nSPS) is 20.9. The minimum atomic E-state index is 0.341. The third-order valence-corrected chi connectivity index (χ3v) is 3.37. The summed E-state index contributed by atoms with van der Waals surface area (Å²) in [6.45, 7) is 2.36. The lowest BCUT2D eigenvalue weighted by Gasteiger charge is -2.35. The largest absolute Gasteiger partial charge is 0.481 e. The third-order valence-electron chi connectivity index (χ3n) is 2.62. The molecule has 5 heteroatoms. The maximum atomic E-state index is 5.45. The van der Waals surface area contributed by atoms with Gasteiger partial charge in [0.25, 0.3) is 0 Å². The Morgan fingerprint density at radius 3 is 3.25 bits per heavy atom. The molecule has 0 radical (unpaired) electrons. The van der Waals surface area contributed by atoms with E-state index in [1.165, 1.54) is 0 Å². The van der Waals surface area contributed by atoms with Crippen LogP contribution in [0.5, 0.6) is 5.88 Å². The van der Waals surface area contributed by atoms with Crippen molar-refractivity contribution in [1.82, 2.24) is 4.98 Å². The minimum Gasteiger partial charge on any atom is -0.481 e. The van der Waals surface area contributed by atoms with Gasteiger partial charge in [-0.1, -0.05) is 22.0 Å². The molecule has 1 saturated heterocycles. The average Bonchev–Trinajstić information content (AvgIpc) is 2.38. The van der Waals surface area contributed by atoms with Crippen LogP contribution in [0.2, 0.25) is 0 Å². The van der Waals surface area contributed by atoms with Crippen molar-refractivity contribution in [2.24, 2.45) is 0 Å². The summed E-state index contributed by atoms with van der Waals surface area (Å²) in [5, 5.41) is 0.881.